The van der Waals surface area contributed by atoms with Crippen molar-refractivity contribution in [1.29, 1.82) is 0 Å². The Morgan fingerprint density at radius 2 is 1.82 bits per heavy atom. The molecule has 0 saturated heterocycles. The lowest BCUT2D eigenvalue weighted by Gasteiger charge is -2.09. The Morgan fingerprint density at radius 1 is 1.00 bits per heavy atom. The molecule has 2 aromatic heterocycles. The SMILES string of the molecule is Cc1nccc2c3ccc(O)cc3n(Cc3ccccc3)c12. The number of fused-ring (bicyclic) bond motifs is 3. The summed E-state index contributed by atoms with van der Waals surface area (Å²) in [6.07, 6.45) is 1.84. The molecule has 0 atom stereocenters. The first-order valence-corrected chi connectivity index (χ1v) is 7.34. The molecule has 0 saturated carbocycles. The highest BCUT2D eigenvalue weighted by atomic mass is 16.3. The van der Waals surface area contributed by atoms with Gasteiger partial charge in [0.2, 0.25) is 0 Å². The first kappa shape index (κ1) is 12.9. The van der Waals surface area contributed by atoms with Crippen LogP contribution in [0.1, 0.15) is 11.3 Å². The minimum Gasteiger partial charge on any atom is -0.508 e. The van der Waals surface area contributed by atoms with Crippen LogP contribution in [0.4, 0.5) is 0 Å². The number of rotatable bonds is 2. The van der Waals surface area contributed by atoms with Crippen LogP contribution in [0.2, 0.25) is 0 Å². The maximum Gasteiger partial charge on any atom is 0.117 e. The van der Waals surface area contributed by atoms with Gasteiger partial charge >= 0.3 is 0 Å². The molecule has 1 N–H and O–H groups in total. The lowest BCUT2D eigenvalue weighted by Crippen LogP contribution is -2.00. The van der Waals surface area contributed by atoms with Crippen molar-refractivity contribution in [2.45, 2.75) is 13.5 Å². The highest BCUT2D eigenvalue weighted by molar-refractivity contribution is 6.09. The zero-order valence-corrected chi connectivity index (χ0v) is 12.3. The second kappa shape index (κ2) is 4.88. The maximum atomic E-state index is 9.89. The zero-order valence-electron chi connectivity index (χ0n) is 12.3. The van der Waals surface area contributed by atoms with Crippen LogP contribution in [0.15, 0.2) is 60.8 Å². The molecule has 0 fully saturated rings. The minimum absolute atomic E-state index is 0.287. The number of hydrogen-bond donors (Lipinski definition) is 1. The van der Waals surface area contributed by atoms with Gasteiger partial charge in [0.05, 0.1) is 16.7 Å². The molecule has 22 heavy (non-hydrogen) atoms. The summed E-state index contributed by atoms with van der Waals surface area (Å²) in [6.45, 7) is 2.79. The third kappa shape index (κ3) is 1.94. The first-order chi connectivity index (χ1) is 10.7. The third-order valence-corrected chi connectivity index (χ3v) is 4.12. The van der Waals surface area contributed by atoms with E-state index in [1.54, 1.807) is 6.07 Å². The smallest absolute Gasteiger partial charge is 0.117 e. The Morgan fingerprint density at radius 3 is 2.64 bits per heavy atom. The van der Waals surface area contributed by atoms with Crippen molar-refractivity contribution in [2.75, 3.05) is 0 Å². The first-order valence-electron chi connectivity index (χ1n) is 7.34. The lowest BCUT2D eigenvalue weighted by molar-refractivity contribution is 0.476. The van der Waals surface area contributed by atoms with Crippen molar-refractivity contribution in [3.63, 3.8) is 0 Å². The summed E-state index contributed by atoms with van der Waals surface area (Å²) >= 11 is 0. The Hall–Kier alpha value is -2.81. The molecule has 3 nitrogen and oxygen atoms in total. The molecular weight excluding hydrogens is 272 g/mol. The largest absolute Gasteiger partial charge is 0.508 e. The van der Waals surface area contributed by atoms with Gasteiger partial charge in [-0.05, 0) is 30.7 Å². The van der Waals surface area contributed by atoms with Crippen molar-refractivity contribution in [3.05, 3.63) is 72.1 Å². The number of aryl methyl sites for hydroxylation is 1. The van der Waals surface area contributed by atoms with Crippen LogP contribution in [0.5, 0.6) is 5.75 Å². The fourth-order valence-electron chi connectivity index (χ4n) is 3.14. The van der Waals surface area contributed by atoms with E-state index in [9.17, 15) is 5.11 Å². The zero-order chi connectivity index (χ0) is 15.1. The Labute approximate surface area is 128 Å². The standard InChI is InChI=1S/C19H16N2O/c1-13-19-17(9-10-20-13)16-8-7-15(22)11-18(16)21(19)12-14-5-3-2-4-6-14/h2-11,22H,12H2,1H3. The summed E-state index contributed by atoms with van der Waals surface area (Å²) in [5, 5.41) is 12.2. The van der Waals surface area contributed by atoms with Crippen LogP contribution in [0, 0.1) is 6.92 Å². The Balaban J connectivity index is 2.06. The Bertz CT molecular complexity index is 971. The van der Waals surface area contributed by atoms with E-state index in [4.69, 9.17) is 0 Å². The van der Waals surface area contributed by atoms with Crippen molar-refractivity contribution in [1.82, 2.24) is 9.55 Å². The van der Waals surface area contributed by atoms with Crippen molar-refractivity contribution < 1.29 is 5.11 Å². The number of nitrogens with zero attached hydrogens (tertiary/aromatic N) is 2. The monoisotopic (exact) mass is 288 g/mol. The average Bonchev–Trinajstić information content (AvgIpc) is 2.83. The predicted molar refractivity (Wildman–Crippen MR) is 89.2 cm³/mol. The van der Waals surface area contributed by atoms with Crippen LogP contribution < -0.4 is 0 Å². The fourth-order valence-corrected chi connectivity index (χ4v) is 3.14. The fraction of sp³-hybridized carbons (Fsp3) is 0.105. The van der Waals surface area contributed by atoms with E-state index in [0.717, 1.165) is 28.7 Å². The molecule has 3 heteroatoms. The molecule has 108 valence electrons. The van der Waals surface area contributed by atoms with Crippen molar-refractivity contribution >= 4 is 21.8 Å². The highest BCUT2D eigenvalue weighted by Gasteiger charge is 2.13. The molecule has 0 unspecified atom stereocenters. The molecule has 4 rings (SSSR count). The van der Waals surface area contributed by atoms with Gasteiger partial charge < -0.3 is 9.67 Å². The summed E-state index contributed by atoms with van der Waals surface area (Å²) in [5.74, 6) is 0.287. The van der Waals surface area contributed by atoms with E-state index in [-0.39, 0.29) is 5.75 Å². The second-order valence-corrected chi connectivity index (χ2v) is 5.57. The van der Waals surface area contributed by atoms with E-state index in [0.29, 0.717) is 0 Å². The van der Waals surface area contributed by atoms with Gasteiger partial charge in [0.25, 0.3) is 0 Å². The molecule has 0 spiro atoms. The quantitative estimate of drug-likeness (QED) is 0.598. The topological polar surface area (TPSA) is 38.1 Å². The van der Waals surface area contributed by atoms with Crippen LogP contribution in [-0.4, -0.2) is 14.7 Å². The summed E-state index contributed by atoms with van der Waals surface area (Å²) in [6, 6.07) is 17.9. The van der Waals surface area contributed by atoms with Gasteiger partial charge in [-0.2, -0.15) is 0 Å². The molecule has 0 bridgehead atoms. The van der Waals surface area contributed by atoms with E-state index in [2.05, 4.69) is 21.7 Å². The van der Waals surface area contributed by atoms with E-state index in [1.165, 1.54) is 10.9 Å². The van der Waals surface area contributed by atoms with E-state index in [1.807, 2.05) is 49.5 Å². The molecule has 0 radical (unpaired) electrons. The van der Waals surface area contributed by atoms with Crippen molar-refractivity contribution in [3.8, 4) is 5.75 Å². The molecule has 0 aliphatic rings. The molecule has 4 aromatic rings. The van der Waals surface area contributed by atoms with E-state index >= 15 is 0 Å². The second-order valence-electron chi connectivity index (χ2n) is 5.57. The normalized spacial score (nSPS) is 11.3. The lowest BCUT2D eigenvalue weighted by atomic mass is 10.1. The number of benzene rings is 2. The molecule has 0 aliphatic heterocycles. The molecule has 0 amide bonds. The van der Waals surface area contributed by atoms with Gasteiger partial charge in [0.1, 0.15) is 5.75 Å². The predicted octanol–water partition coefficient (Wildman–Crippen LogP) is 4.25. The van der Waals surface area contributed by atoms with Gasteiger partial charge in [-0.25, -0.2) is 0 Å². The average molecular weight is 288 g/mol. The third-order valence-electron chi connectivity index (χ3n) is 4.12. The van der Waals surface area contributed by atoms with Gasteiger partial charge in [-0.3, -0.25) is 4.98 Å². The van der Waals surface area contributed by atoms with E-state index < -0.39 is 0 Å². The number of aromatic nitrogens is 2. The molecule has 2 aromatic carbocycles. The number of pyridine rings is 1. The Kier molecular flexibility index (Phi) is 2.86. The summed E-state index contributed by atoms with van der Waals surface area (Å²) in [4.78, 5) is 4.44. The molecular formula is C19H16N2O. The minimum atomic E-state index is 0.287. The maximum absolute atomic E-state index is 9.89. The summed E-state index contributed by atoms with van der Waals surface area (Å²) < 4.78 is 2.24. The number of aromatic hydroxyl groups is 1. The van der Waals surface area contributed by atoms with Crippen molar-refractivity contribution in [2.24, 2.45) is 0 Å². The van der Waals surface area contributed by atoms with Crippen LogP contribution in [-0.2, 0) is 6.54 Å². The molecule has 0 aliphatic carbocycles. The molecule has 2 heterocycles. The summed E-state index contributed by atoms with van der Waals surface area (Å²) in [5.41, 5.74) is 4.40. The van der Waals surface area contributed by atoms with Crippen LogP contribution in [0.25, 0.3) is 21.8 Å². The number of hydrogen-bond acceptors (Lipinski definition) is 2. The highest BCUT2D eigenvalue weighted by Crippen LogP contribution is 2.32. The summed E-state index contributed by atoms with van der Waals surface area (Å²) in [7, 11) is 0. The van der Waals surface area contributed by atoms with Crippen LogP contribution >= 0.6 is 0 Å². The van der Waals surface area contributed by atoms with Gasteiger partial charge in [0.15, 0.2) is 0 Å². The number of phenols is 1. The number of phenolic OH excluding ortho intramolecular Hbond substituents is 1. The van der Waals surface area contributed by atoms with Gasteiger partial charge in [-0.15, -0.1) is 0 Å². The van der Waals surface area contributed by atoms with Crippen LogP contribution in [0.3, 0.4) is 0 Å². The van der Waals surface area contributed by atoms with Gasteiger partial charge in [0, 0.05) is 29.6 Å². The van der Waals surface area contributed by atoms with Gasteiger partial charge in [-0.1, -0.05) is 30.3 Å².